The number of aliphatic carboxylic acids is 1. The van der Waals surface area contributed by atoms with Crippen LogP contribution in [-0.4, -0.2) is 23.5 Å². The van der Waals surface area contributed by atoms with Crippen molar-refractivity contribution in [2.75, 3.05) is 0 Å². The van der Waals surface area contributed by atoms with Gasteiger partial charge in [-0.05, 0) is 0 Å². The predicted octanol–water partition coefficient (Wildman–Crippen LogP) is -0.990. The van der Waals surface area contributed by atoms with Crippen LogP contribution in [0, 0.1) is 11.3 Å². The van der Waals surface area contributed by atoms with E-state index < -0.39 is 12.0 Å². The second-order valence-corrected chi connectivity index (χ2v) is 1.50. The molecule has 0 fully saturated rings. The molecule has 2 N–H and O–H groups in total. The van der Waals surface area contributed by atoms with Gasteiger partial charge in [0.25, 0.3) is 0 Å². The van der Waals surface area contributed by atoms with Gasteiger partial charge in [0, 0.05) is 0 Å². The Hall–Kier alpha value is -2.57. The molecular formula is C5H5FmN2O3-. The van der Waals surface area contributed by atoms with E-state index in [4.69, 9.17) is 10.4 Å². The topological polar surface area (TPSA) is 90.2 Å². The Bertz CT molecular complexity index is 177. The van der Waals surface area contributed by atoms with E-state index >= 15 is 0 Å². The monoisotopic (exact) mass is 398 g/mol. The Balaban J connectivity index is 0. The van der Waals surface area contributed by atoms with Crippen LogP contribution in [0.1, 0.15) is 6.42 Å². The molecule has 1 amide bonds. The number of nitrogens with one attached hydrogen (secondary N) is 1. The number of carbonyl (C=O) groups is 1. The third-order valence-electron chi connectivity index (χ3n) is 0.827. The van der Waals surface area contributed by atoms with Gasteiger partial charge in [0.05, 0.1) is 12.5 Å². The fourth-order valence-electron chi connectivity index (χ4n) is 0.362. The van der Waals surface area contributed by atoms with Gasteiger partial charge >= 0.3 is 5.97 Å². The molecule has 66 valence electrons. The van der Waals surface area contributed by atoms with Crippen molar-refractivity contribution in [3.8, 4) is 6.07 Å². The minimum Gasteiger partial charge on any atom is -0.520 e. The molecule has 1 atom stereocenters. The van der Waals surface area contributed by atoms with Gasteiger partial charge in [0.15, 0.2) is 0 Å². The number of hydrogen-bond acceptors (Lipinski definition) is 3. The molecule has 1 unspecified atom stereocenters. The summed E-state index contributed by atoms with van der Waals surface area (Å²) in [6.07, 6.45) is 0.957. The summed E-state index contributed by atoms with van der Waals surface area (Å²) in [6, 6.07) is 0.475. The first-order valence-corrected chi connectivity index (χ1v) is 2.44. The van der Waals surface area contributed by atoms with E-state index in [0.29, 0.717) is 0 Å². The maximum atomic E-state index is 10.1. The summed E-state index contributed by atoms with van der Waals surface area (Å²) in [5.74, 6) is -1.23. The van der Waals surface area contributed by atoms with Crippen molar-refractivity contribution < 1.29 is 14.7 Å². The van der Waals surface area contributed by atoms with E-state index in [1.54, 1.807) is 6.07 Å². The van der Waals surface area contributed by atoms with E-state index in [0.717, 1.165) is 0 Å². The molecule has 0 saturated heterocycles. The minimum absolute atomic E-state index is 0. The Morgan fingerprint density at radius 2 is 2.36 bits per heavy atom. The second-order valence-electron chi connectivity index (χ2n) is 1.50. The molecule has 0 aromatic rings. The largest absolute Gasteiger partial charge is 0.520 e. The van der Waals surface area contributed by atoms with Gasteiger partial charge in [-0.25, -0.2) is 0 Å². The molecule has 0 aromatic carbocycles. The maximum Gasteiger partial charge on any atom is 0.324 e. The van der Waals surface area contributed by atoms with Crippen molar-refractivity contribution in [3.63, 3.8) is 0 Å². The molecule has 0 rings (SSSR count). The van der Waals surface area contributed by atoms with Crippen molar-refractivity contribution in [2.45, 2.75) is 12.5 Å². The Morgan fingerprint density at radius 1 is 1.82 bits per heavy atom. The summed E-state index contributed by atoms with van der Waals surface area (Å²) >= 11 is 0. The molecule has 0 bridgehead atoms. The zero-order valence-corrected chi connectivity index (χ0v) is 7.69. The molecule has 0 aliphatic heterocycles. The van der Waals surface area contributed by atoms with Gasteiger partial charge < -0.3 is 15.2 Å². The standard InChI is InChI=1S/C5H5N2O3.Fm/c6-2-1-4(5(9)10)7-3-8;/h4H,1H2,(H,7,8)(H,9,10);/q-1;. The zero-order valence-electron chi connectivity index (χ0n) is 5.28. The zero-order chi connectivity index (χ0) is 7.98. The normalized spacial score (nSPS) is 10.1. The number of nitrogens with zero attached hydrogens (tertiary/aromatic N) is 1. The Kier molecular flexibility index (Phi) is 5.69. The van der Waals surface area contributed by atoms with Crippen LogP contribution >= 0.6 is 0 Å². The molecule has 11 heavy (non-hydrogen) atoms. The molecule has 0 aromatic heterocycles. The third-order valence-corrected chi connectivity index (χ3v) is 0.827. The van der Waals surface area contributed by atoms with Gasteiger partial charge in [0.2, 0.25) is 0 Å². The van der Waals surface area contributed by atoms with Gasteiger partial charge in [-0.15, -0.1) is 0 Å². The molecule has 0 saturated carbocycles. The van der Waals surface area contributed by atoms with Crippen LogP contribution in [0.3, 0.4) is 0 Å². The Labute approximate surface area is 57.3 Å². The first kappa shape index (κ1) is 11.3. The molecule has 0 aliphatic rings. The fourth-order valence-corrected chi connectivity index (χ4v) is 0.362. The predicted molar refractivity (Wildman–Crippen MR) is 30.5 cm³/mol. The summed E-state index contributed by atoms with van der Waals surface area (Å²) in [7, 11) is 0. The van der Waals surface area contributed by atoms with Gasteiger partial charge in [-0.3, -0.25) is 4.79 Å². The summed E-state index contributed by atoms with van der Waals surface area (Å²) in [5, 5.41) is 18.1. The van der Waals surface area contributed by atoms with Crippen molar-refractivity contribution >= 4 is 12.4 Å². The van der Waals surface area contributed by atoms with E-state index in [1.807, 2.05) is 5.32 Å². The number of carboxylic acids is 1. The Morgan fingerprint density at radius 3 is 2.64 bits per heavy atom. The van der Waals surface area contributed by atoms with E-state index in [-0.39, 0.29) is 6.42 Å². The van der Waals surface area contributed by atoms with E-state index in [9.17, 15) is 9.59 Å². The van der Waals surface area contributed by atoms with Crippen LogP contribution in [-0.2, 0) is 9.59 Å². The average molecular weight is 398 g/mol. The van der Waals surface area contributed by atoms with Gasteiger partial charge in [0.1, 0.15) is 6.04 Å². The first-order valence-electron chi connectivity index (χ1n) is 2.44. The van der Waals surface area contributed by atoms with Crippen LogP contribution < -0.4 is 5.32 Å². The molecular weight excluding hydrogens is 393 g/mol. The molecule has 0 spiro atoms. The SMILES string of the molecule is N#CCC(N[C-]=O)C(=O)O.[Fm]. The second kappa shape index (κ2) is 5.56. The van der Waals surface area contributed by atoms with Crippen molar-refractivity contribution in [1.82, 2.24) is 5.32 Å². The van der Waals surface area contributed by atoms with Gasteiger partial charge in [-0.1, -0.05) is 0 Å². The number of rotatable bonds is 4. The summed E-state index contributed by atoms with van der Waals surface area (Å²) < 4.78 is 0. The van der Waals surface area contributed by atoms with Crippen LogP contribution in [0.2, 0.25) is 0 Å². The van der Waals surface area contributed by atoms with Crippen LogP contribution in [0.25, 0.3) is 0 Å². The third kappa shape index (κ3) is 3.97. The van der Waals surface area contributed by atoms with E-state index in [2.05, 4.69) is 0 Å². The average Bonchev–Trinajstić information content (AvgIpc) is 1.87. The molecule has 5 nitrogen and oxygen atoms in total. The summed E-state index contributed by atoms with van der Waals surface area (Å²) in [6.45, 7) is 0. The number of nitriles is 1. The van der Waals surface area contributed by atoms with Gasteiger partial charge in [-0.2, -0.15) is 11.7 Å². The molecule has 0 radical (unpaired) electrons. The minimum atomic E-state index is -1.23. The van der Waals surface area contributed by atoms with E-state index in [1.165, 1.54) is 6.41 Å². The molecule has 0 heterocycles. The molecule has 0 aliphatic carbocycles. The quantitative estimate of drug-likeness (QED) is 0.470. The fraction of sp³-hybridized carbons (Fsp3) is 0.400. The van der Waals surface area contributed by atoms with Crippen molar-refractivity contribution in [1.29, 1.82) is 5.26 Å². The van der Waals surface area contributed by atoms with Crippen LogP contribution in [0.4, 0.5) is 0 Å². The summed E-state index contributed by atoms with van der Waals surface area (Å²) in [5.41, 5.74) is 0. The number of amides is 1. The number of hydrogen-bond donors (Lipinski definition) is 2. The van der Waals surface area contributed by atoms with Crippen LogP contribution in [0.15, 0.2) is 0 Å². The number of carboxylic acid groups (broad SMARTS) is 1. The number of carbonyl (C=O) groups excluding carboxylic acids is 1. The maximum absolute atomic E-state index is 10.1. The summed E-state index contributed by atoms with van der Waals surface area (Å²) in [4.78, 5) is 19.7. The van der Waals surface area contributed by atoms with Crippen molar-refractivity contribution in [3.05, 3.63) is 0 Å². The first-order chi connectivity index (χ1) is 4.72. The van der Waals surface area contributed by atoms with Crippen LogP contribution in [0.5, 0.6) is 0 Å². The van der Waals surface area contributed by atoms with Crippen molar-refractivity contribution in [2.24, 2.45) is 0 Å². The molecule has 6 heteroatoms. The smallest absolute Gasteiger partial charge is 0.324 e.